The molecule has 14 heavy (non-hydrogen) atoms. The molecule has 5 heteroatoms. The van der Waals surface area contributed by atoms with Gasteiger partial charge < -0.3 is 15.8 Å². The van der Waals surface area contributed by atoms with E-state index in [4.69, 9.17) is 5.73 Å². The van der Waals surface area contributed by atoms with Crippen LogP contribution in [-0.4, -0.2) is 31.6 Å². The fourth-order valence-corrected chi connectivity index (χ4v) is 1.28. The number of carbonyl (C=O) groups is 2. The first-order chi connectivity index (χ1) is 6.63. The van der Waals surface area contributed by atoms with Gasteiger partial charge in [0, 0.05) is 6.04 Å². The van der Waals surface area contributed by atoms with Gasteiger partial charge in [0.05, 0.1) is 13.0 Å². The fraction of sp³-hybridized carbons (Fsp3) is 0.556. The Morgan fingerprint density at radius 1 is 1.57 bits per heavy atom. The number of hydrogen-bond donors (Lipinski definition) is 2. The third-order valence-corrected chi connectivity index (χ3v) is 2.09. The summed E-state index contributed by atoms with van der Waals surface area (Å²) in [6.45, 7) is -0.0884. The van der Waals surface area contributed by atoms with Crippen molar-refractivity contribution in [3.8, 4) is 0 Å². The van der Waals surface area contributed by atoms with Crippen LogP contribution in [0.4, 0.5) is 0 Å². The molecule has 1 rings (SSSR count). The third kappa shape index (κ3) is 2.85. The summed E-state index contributed by atoms with van der Waals surface area (Å²) < 4.78 is 4.39. The monoisotopic (exact) mass is 198 g/mol. The smallest absolute Gasteiger partial charge is 0.325 e. The Labute approximate surface area is 82.3 Å². The van der Waals surface area contributed by atoms with Gasteiger partial charge in [0.25, 0.3) is 0 Å². The number of carbonyl (C=O) groups excluding carboxylic acids is 2. The topological polar surface area (TPSA) is 81.4 Å². The SMILES string of the molecule is COC(=O)CNC(=O)C1C=CC(N)C1. The largest absolute Gasteiger partial charge is 0.468 e. The van der Waals surface area contributed by atoms with E-state index < -0.39 is 5.97 Å². The predicted octanol–water partition coefficient (Wildman–Crippen LogP) is -0.821. The summed E-state index contributed by atoms with van der Waals surface area (Å²) >= 11 is 0. The minimum atomic E-state index is -0.454. The first kappa shape index (κ1) is 10.7. The Hall–Kier alpha value is -1.36. The van der Waals surface area contributed by atoms with Gasteiger partial charge in [0.2, 0.25) is 5.91 Å². The molecule has 1 amide bonds. The summed E-state index contributed by atoms with van der Waals surface area (Å²) in [7, 11) is 1.28. The highest BCUT2D eigenvalue weighted by Gasteiger charge is 2.22. The standard InChI is InChI=1S/C9H14N2O3/c1-14-8(12)5-11-9(13)6-2-3-7(10)4-6/h2-3,6-7H,4-5,10H2,1H3,(H,11,13). The van der Waals surface area contributed by atoms with E-state index in [9.17, 15) is 9.59 Å². The number of nitrogens with two attached hydrogens (primary N) is 1. The maximum Gasteiger partial charge on any atom is 0.325 e. The molecule has 0 bridgehead atoms. The van der Waals surface area contributed by atoms with E-state index in [1.807, 2.05) is 0 Å². The van der Waals surface area contributed by atoms with Crippen LogP contribution in [0.1, 0.15) is 6.42 Å². The minimum Gasteiger partial charge on any atom is -0.468 e. The summed E-state index contributed by atoms with van der Waals surface area (Å²) in [6.07, 6.45) is 4.16. The van der Waals surface area contributed by atoms with E-state index in [1.165, 1.54) is 7.11 Å². The van der Waals surface area contributed by atoms with Gasteiger partial charge >= 0.3 is 5.97 Å². The van der Waals surface area contributed by atoms with Crippen molar-refractivity contribution < 1.29 is 14.3 Å². The predicted molar refractivity (Wildman–Crippen MR) is 50.2 cm³/mol. The number of rotatable bonds is 3. The van der Waals surface area contributed by atoms with Crippen molar-refractivity contribution in [1.29, 1.82) is 0 Å². The number of hydrogen-bond acceptors (Lipinski definition) is 4. The minimum absolute atomic E-state index is 0.0520. The molecule has 0 fully saturated rings. The van der Waals surface area contributed by atoms with Crippen molar-refractivity contribution in [3.05, 3.63) is 12.2 Å². The van der Waals surface area contributed by atoms with Crippen molar-refractivity contribution >= 4 is 11.9 Å². The van der Waals surface area contributed by atoms with Crippen LogP contribution in [0.15, 0.2) is 12.2 Å². The summed E-state index contributed by atoms with van der Waals surface area (Å²) in [6, 6.07) is -0.0520. The van der Waals surface area contributed by atoms with E-state index in [2.05, 4.69) is 10.1 Å². The van der Waals surface area contributed by atoms with Crippen LogP contribution < -0.4 is 11.1 Å². The molecule has 78 valence electrons. The quantitative estimate of drug-likeness (QED) is 0.458. The second kappa shape index (κ2) is 4.76. The fourth-order valence-electron chi connectivity index (χ4n) is 1.28. The molecule has 0 radical (unpaired) electrons. The van der Waals surface area contributed by atoms with Crippen molar-refractivity contribution in [1.82, 2.24) is 5.32 Å². The number of nitrogens with one attached hydrogen (secondary N) is 1. The van der Waals surface area contributed by atoms with Gasteiger partial charge in [-0.2, -0.15) is 0 Å². The zero-order chi connectivity index (χ0) is 10.6. The van der Waals surface area contributed by atoms with Gasteiger partial charge in [0.15, 0.2) is 0 Å². The van der Waals surface area contributed by atoms with Crippen LogP contribution in [-0.2, 0) is 14.3 Å². The summed E-state index contributed by atoms with van der Waals surface area (Å²) in [5.74, 6) is -0.848. The number of amides is 1. The van der Waals surface area contributed by atoms with Crippen molar-refractivity contribution in [2.75, 3.05) is 13.7 Å². The molecule has 0 aliphatic heterocycles. The maximum absolute atomic E-state index is 11.4. The average Bonchev–Trinajstić information content (AvgIpc) is 2.60. The molecule has 3 N–H and O–H groups in total. The van der Waals surface area contributed by atoms with E-state index >= 15 is 0 Å². The maximum atomic E-state index is 11.4. The zero-order valence-electron chi connectivity index (χ0n) is 8.03. The van der Waals surface area contributed by atoms with E-state index in [0.717, 1.165) is 0 Å². The lowest BCUT2D eigenvalue weighted by Gasteiger charge is -2.09. The molecule has 5 nitrogen and oxygen atoms in total. The van der Waals surface area contributed by atoms with Crippen molar-refractivity contribution in [3.63, 3.8) is 0 Å². The van der Waals surface area contributed by atoms with E-state index in [-0.39, 0.29) is 24.4 Å². The molecule has 1 aliphatic carbocycles. The highest BCUT2D eigenvalue weighted by molar-refractivity contribution is 5.85. The summed E-state index contributed by atoms with van der Waals surface area (Å²) in [5, 5.41) is 2.48. The molecule has 0 saturated heterocycles. The van der Waals surface area contributed by atoms with Crippen molar-refractivity contribution in [2.45, 2.75) is 12.5 Å². The molecule has 2 unspecified atom stereocenters. The lowest BCUT2D eigenvalue weighted by Crippen LogP contribution is -2.34. The Bertz CT molecular complexity index is 263. The van der Waals surface area contributed by atoms with Crippen LogP contribution >= 0.6 is 0 Å². The Kier molecular flexibility index (Phi) is 3.64. The molecule has 0 saturated carbocycles. The number of ether oxygens (including phenoxy) is 1. The molecule has 2 atom stereocenters. The normalized spacial score (nSPS) is 24.7. The van der Waals surface area contributed by atoms with Crippen LogP contribution in [0.5, 0.6) is 0 Å². The lowest BCUT2D eigenvalue weighted by molar-refractivity contribution is -0.141. The first-order valence-corrected chi connectivity index (χ1v) is 4.42. The van der Waals surface area contributed by atoms with Crippen LogP contribution in [0.3, 0.4) is 0 Å². The number of esters is 1. The molecule has 0 aromatic rings. The lowest BCUT2D eigenvalue weighted by atomic mass is 10.1. The highest BCUT2D eigenvalue weighted by atomic mass is 16.5. The van der Waals surface area contributed by atoms with Crippen LogP contribution in [0.2, 0.25) is 0 Å². The molecule has 0 aromatic carbocycles. The van der Waals surface area contributed by atoms with Crippen molar-refractivity contribution in [2.24, 2.45) is 11.7 Å². The van der Waals surface area contributed by atoms with Gasteiger partial charge in [-0.25, -0.2) is 0 Å². The highest BCUT2D eigenvalue weighted by Crippen LogP contribution is 2.15. The Morgan fingerprint density at radius 2 is 2.29 bits per heavy atom. The Morgan fingerprint density at radius 3 is 2.79 bits per heavy atom. The number of methoxy groups -OCH3 is 1. The van der Waals surface area contributed by atoms with Crippen LogP contribution in [0, 0.1) is 5.92 Å². The molecule has 0 aromatic heterocycles. The molecule has 0 spiro atoms. The van der Waals surface area contributed by atoms with Crippen LogP contribution in [0.25, 0.3) is 0 Å². The zero-order valence-corrected chi connectivity index (χ0v) is 8.03. The van der Waals surface area contributed by atoms with Gasteiger partial charge in [-0.15, -0.1) is 0 Å². The Balaban J connectivity index is 2.29. The second-order valence-corrected chi connectivity index (χ2v) is 3.18. The van der Waals surface area contributed by atoms with Gasteiger partial charge in [-0.3, -0.25) is 9.59 Å². The first-order valence-electron chi connectivity index (χ1n) is 4.42. The van der Waals surface area contributed by atoms with E-state index in [0.29, 0.717) is 6.42 Å². The van der Waals surface area contributed by atoms with Gasteiger partial charge in [0.1, 0.15) is 6.54 Å². The van der Waals surface area contributed by atoms with E-state index in [1.54, 1.807) is 12.2 Å². The summed E-state index contributed by atoms with van der Waals surface area (Å²) in [5.41, 5.74) is 5.59. The molecule has 0 heterocycles. The second-order valence-electron chi connectivity index (χ2n) is 3.18. The van der Waals surface area contributed by atoms with Gasteiger partial charge in [-0.1, -0.05) is 12.2 Å². The molecule has 1 aliphatic rings. The summed E-state index contributed by atoms with van der Waals surface area (Å²) in [4.78, 5) is 22.1. The third-order valence-electron chi connectivity index (χ3n) is 2.09. The average molecular weight is 198 g/mol. The van der Waals surface area contributed by atoms with Gasteiger partial charge in [-0.05, 0) is 6.42 Å². The molecular weight excluding hydrogens is 184 g/mol. The molecular formula is C9H14N2O3.